The molecule has 11 heavy (non-hydrogen) atoms. The third-order valence-electron chi connectivity index (χ3n) is 1.35. The highest BCUT2D eigenvalue weighted by molar-refractivity contribution is 6.12. The topological polar surface area (TPSA) is 72.4 Å². The van der Waals surface area contributed by atoms with Crippen molar-refractivity contribution in [3.05, 3.63) is 12.2 Å². The van der Waals surface area contributed by atoms with Crippen LogP contribution >= 0.6 is 0 Å². The van der Waals surface area contributed by atoms with E-state index < -0.39 is 0 Å². The lowest BCUT2D eigenvalue weighted by molar-refractivity contribution is -0.136. The highest BCUT2D eigenvalue weighted by Crippen LogP contribution is 2.02. The van der Waals surface area contributed by atoms with Crippen LogP contribution in [0.4, 0.5) is 0 Å². The lowest BCUT2D eigenvalue weighted by Gasteiger charge is -2.10. The number of rotatable bonds is 2. The first-order chi connectivity index (χ1) is 4.75. The van der Waals surface area contributed by atoms with Gasteiger partial charge in [-0.05, 0) is 6.42 Å². The fourth-order valence-electron chi connectivity index (χ4n) is 0.875. The van der Waals surface area contributed by atoms with Crippen molar-refractivity contribution in [2.24, 2.45) is 0 Å². The molecule has 1 rings (SSSR count). The normalized spacial score (nSPS) is 15.5. The maximum absolute atomic E-state index is 10.8. The summed E-state index contributed by atoms with van der Waals surface area (Å²) in [4.78, 5) is 22.8. The molecule has 2 amide bonds. The summed E-state index contributed by atoms with van der Waals surface area (Å²) in [7, 11) is 0. The molecule has 1 aliphatic heterocycles. The lowest BCUT2D eigenvalue weighted by atomic mass is 10.4. The zero-order chi connectivity index (χ0) is 7.56. The van der Waals surface area contributed by atoms with Gasteiger partial charge in [0, 0.05) is 18.7 Å². The standard InChI is InChI=1S/C7H9NO2.H3N/c1-2-5-8-6(9)3-4-7(8)10;/h3-4H,2,5H2,1H3;1H3. The molecule has 0 bridgehead atoms. The van der Waals surface area contributed by atoms with Gasteiger partial charge < -0.3 is 6.15 Å². The molecular formula is C7H12N2O2. The van der Waals surface area contributed by atoms with Gasteiger partial charge in [0.05, 0.1) is 0 Å². The summed E-state index contributed by atoms with van der Waals surface area (Å²) in [5, 5.41) is 0. The molecule has 0 atom stereocenters. The Kier molecular flexibility index (Phi) is 3.47. The molecule has 4 heteroatoms. The van der Waals surface area contributed by atoms with Crippen LogP contribution in [-0.2, 0) is 9.59 Å². The third kappa shape index (κ3) is 1.88. The quantitative estimate of drug-likeness (QED) is 0.591. The van der Waals surface area contributed by atoms with Crippen molar-refractivity contribution in [2.75, 3.05) is 6.54 Å². The lowest BCUT2D eigenvalue weighted by Crippen LogP contribution is -2.30. The van der Waals surface area contributed by atoms with Crippen molar-refractivity contribution in [3.8, 4) is 0 Å². The van der Waals surface area contributed by atoms with Gasteiger partial charge in [-0.3, -0.25) is 14.5 Å². The van der Waals surface area contributed by atoms with Gasteiger partial charge >= 0.3 is 0 Å². The maximum atomic E-state index is 10.8. The van der Waals surface area contributed by atoms with Crippen LogP contribution in [0.1, 0.15) is 13.3 Å². The highest BCUT2D eigenvalue weighted by atomic mass is 16.2. The van der Waals surface area contributed by atoms with Crippen molar-refractivity contribution >= 4 is 11.8 Å². The van der Waals surface area contributed by atoms with E-state index in [1.807, 2.05) is 6.92 Å². The Balaban J connectivity index is 0.000001000. The third-order valence-corrected chi connectivity index (χ3v) is 1.35. The van der Waals surface area contributed by atoms with Gasteiger partial charge in [0.15, 0.2) is 0 Å². The van der Waals surface area contributed by atoms with Crippen LogP contribution in [0, 0.1) is 0 Å². The van der Waals surface area contributed by atoms with Crippen molar-refractivity contribution in [3.63, 3.8) is 0 Å². The SMILES string of the molecule is CCCN1C(=O)C=CC1=O.N. The Bertz CT molecular complexity index is 181. The molecule has 0 saturated heterocycles. The van der Waals surface area contributed by atoms with E-state index in [9.17, 15) is 9.59 Å². The zero-order valence-electron chi connectivity index (χ0n) is 6.54. The number of amides is 2. The van der Waals surface area contributed by atoms with E-state index in [0.717, 1.165) is 6.42 Å². The summed E-state index contributed by atoms with van der Waals surface area (Å²) in [6.07, 6.45) is 3.43. The molecular weight excluding hydrogens is 144 g/mol. The Morgan fingerprint density at radius 1 is 1.27 bits per heavy atom. The number of carbonyl (C=O) groups excluding carboxylic acids is 2. The average Bonchev–Trinajstić information content (AvgIpc) is 2.20. The molecule has 1 aliphatic rings. The first-order valence-corrected chi connectivity index (χ1v) is 3.29. The monoisotopic (exact) mass is 156 g/mol. The second-order valence-corrected chi connectivity index (χ2v) is 2.16. The van der Waals surface area contributed by atoms with Crippen LogP contribution in [0.15, 0.2) is 12.2 Å². The van der Waals surface area contributed by atoms with Gasteiger partial charge in [0.25, 0.3) is 11.8 Å². The van der Waals surface area contributed by atoms with Gasteiger partial charge in [0.2, 0.25) is 0 Å². The molecule has 0 aromatic heterocycles. The van der Waals surface area contributed by atoms with Crippen LogP contribution in [0.3, 0.4) is 0 Å². The number of hydrogen-bond acceptors (Lipinski definition) is 3. The summed E-state index contributed by atoms with van der Waals surface area (Å²) in [6.45, 7) is 2.46. The van der Waals surface area contributed by atoms with E-state index in [4.69, 9.17) is 0 Å². The number of carbonyl (C=O) groups is 2. The van der Waals surface area contributed by atoms with Crippen LogP contribution in [0.2, 0.25) is 0 Å². The molecule has 3 N–H and O–H groups in total. The van der Waals surface area contributed by atoms with E-state index in [-0.39, 0.29) is 18.0 Å². The minimum Gasteiger partial charge on any atom is -0.344 e. The maximum Gasteiger partial charge on any atom is 0.253 e. The summed E-state index contributed by atoms with van der Waals surface area (Å²) in [5.41, 5.74) is 0. The summed E-state index contributed by atoms with van der Waals surface area (Å²) in [6, 6.07) is 0. The smallest absolute Gasteiger partial charge is 0.253 e. The second kappa shape index (κ2) is 3.88. The van der Waals surface area contributed by atoms with Gasteiger partial charge in [-0.25, -0.2) is 0 Å². The van der Waals surface area contributed by atoms with Crippen LogP contribution in [0.5, 0.6) is 0 Å². The summed E-state index contributed by atoms with van der Waals surface area (Å²) >= 11 is 0. The van der Waals surface area contributed by atoms with E-state index in [1.54, 1.807) is 0 Å². The van der Waals surface area contributed by atoms with Crippen molar-refractivity contribution < 1.29 is 9.59 Å². The molecule has 1 heterocycles. The Morgan fingerprint density at radius 3 is 2.09 bits per heavy atom. The molecule has 0 aromatic carbocycles. The van der Waals surface area contributed by atoms with Crippen molar-refractivity contribution in [2.45, 2.75) is 13.3 Å². The molecule has 0 radical (unpaired) electrons. The fraction of sp³-hybridized carbons (Fsp3) is 0.429. The van der Waals surface area contributed by atoms with Crippen LogP contribution in [-0.4, -0.2) is 23.3 Å². The molecule has 62 valence electrons. The summed E-state index contributed by atoms with van der Waals surface area (Å²) in [5.74, 6) is -0.376. The molecule has 0 aromatic rings. The number of hydrogen-bond donors (Lipinski definition) is 1. The number of nitrogens with zero attached hydrogens (tertiary/aromatic N) is 1. The summed E-state index contributed by atoms with van der Waals surface area (Å²) < 4.78 is 0. The second-order valence-electron chi connectivity index (χ2n) is 2.16. The van der Waals surface area contributed by atoms with E-state index >= 15 is 0 Å². The van der Waals surface area contributed by atoms with Crippen molar-refractivity contribution in [1.82, 2.24) is 11.1 Å². The van der Waals surface area contributed by atoms with Crippen LogP contribution in [0.25, 0.3) is 0 Å². The number of imide groups is 1. The largest absolute Gasteiger partial charge is 0.344 e. The molecule has 0 saturated carbocycles. The van der Waals surface area contributed by atoms with Gasteiger partial charge in [0.1, 0.15) is 0 Å². The predicted octanol–water partition coefficient (Wildman–Crippen LogP) is 0.483. The minimum atomic E-state index is -0.188. The molecule has 0 unspecified atom stereocenters. The molecule has 4 nitrogen and oxygen atoms in total. The van der Waals surface area contributed by atoms with E-state index in [1.165, 1.54) is 17.1 Å². The van der Waals surface area contributed by atoms with Crippen LogP contribution < -0.4 is 6.15 Å². The van der Waals surface area contributed by atoms with Crippen molar-refractivity contribution in [1.29, 1.82) is 0 Å². The predicted molar refractivity (Wildman–Crippen MR) is 41.2 cm³/mol. The Hall–Kier alpha value is -1.16. The fourth-order valence-corrected chi connectivity index (χ4v) is 0.875. The minimum absolute atomic E-state index is 0. The first kappa shape index (κ1) is 9.84. The molecule has 0 fully saturated rings. The van der Waals surface area contributed by atoms with E-state index in [2.05, 4.69) is 0 Å². The van der Waals surface area contributed by atoms with Gasteiger partial charge in [-0.2, -0.15) is 0 Å². The zero-order valence-corrected chi connectivity index (χ0v) is 6.54. The average molecular weight is 156 g/mol. The molecule has 0 aliphatic carbocycles. The Morgan fingerprint density at radius 2 is 1.73 bits per heavy atom. The van der Waals surface area contributed by atoms with E-state index in [0.29, 0.717) is 6.54 Å². The highest BCUT2D eigenvalue weighted by Gasteiger charge is 2.21. The molecule has 0 spiro atoms. The Labute approximate surface area is 65.5 Å². The van der Waals surface area contributed by atoms with Gasteiger partial charge in [-0.1, -0.05) is 6.92 Å². The first-order valence-electron chi connectivity index (χ1n) is 3.29. The van der Waals surface area contributed by atoms with Gasteiger partial charge in [-0.15, -0.1) is 0 Å².